The van der Waals surface area contributed by atoms with Crippen LogP contribution in [0, 0.1) is 0 Å². The summed E-state index contributed by atoms with van der Waals surface area (Å²) in [4.78, 5) is 20.5. The highest BCUT2D eigenvalue weighted by molar-refractivity contribution is 6.12. The van der Waals surface area contributed by atoms with Gasteiger partial charge in [0.2, 0.25) is 5.89 Å². The van der Waals surface area contributed by atoms with Crippen LogP contribution in [0.25, 0.3) is 122 Å². The standard InChI is InChI=1S/C56H34N4O/c1-2-12-41(13-3-1)56-57-50-31-30-39-17-9-18-47(51(39)52(50)61-56)45-28-24-38-16-8-19-48(49(38)34-45)55-59-53(58-54(60-55)46-29-23-36-11-5-7-15-43(36)33-46)40-25-20-37(21-26-40)44-27-22-35-10-4-6-14-42(35)32-44/h1-34H. The fourth-order valence-corrected chi connectivity index (χ4v) is 8.60. The van der Waals surface area contributed by atoms with Gasteiger partial charge in [0.05, 0.1) is 0 Å². The van der Waals surface area contributed by atoms with E-state index >= 15 is 0 Å². The molecule has 5 nitrogen and oxygen atoms in total. The Hall–Kier alpha value is -8.28. The smallest absolute Gasteiger partial charge is 0.227 e. The molecule has 2 aromatic heterocycles. The highest BCUT2D eigenvalue weighted by atomic mass is 16.3. The normalized spacial score (nSPS) is 11.6. The largest absolute Gasteiger partial charge is 0.435 e. The molecule has 0 atom stereocenters. The molecule has 0 aliphatic carbocycles. The molecule has 0 amide bonds. The van der Waals surface area contributed by atoms with Gasteiger partial charge in [-0.25, -0.2) is 19.9 Å². The molecule has 0 unspecified atom stereocenters. The maximum Gasteiger partial charge on any atom is 0.227 e. The number of hydrogen-bond donors (Lipinski definition) is 0. The zero-order valence-corrected chi connectivity index (χ0v) is 32.8. The molecule has 0 bridgehead atoms. The zero-order chi connectivity index (χ0) is 40.3. The Kier molecular flexibility index (Phi) is 8.10. The predicted octanol–water partition coefficient (Wildman–Crippen LogP) is 14.6. The third kappa shape index (κ3) is 6.19. The Bertz CT molecular complexity index is 3650. The molecule has 284 valence electrons. The van der Waals surface area contributed by atoms with Crippen LogP contribution in [-0.4, -0.2) is 19.9 Å². The maximum atomic E-state index is 6.56. The molecule has 0 N–H and O–H groups in total. The molecule has 12 rings (SSSR count). The summed E-state index contributed by atoms with van der Waals surface area (Å²) in [7, 11) is 0. The minimum atomic E-state index is 0.606. The van der Waals surface area contributed by atoms with Gasteiger partial charge in [0.25, 0.3) is 0 Å². The highest BCUT2D eigenvalue weighted by Crippen LogP contribution is 2.39. The Labute approximate surface area is 351 Å². The van der Waals surface area contributed by atoms with E-state index in [1.165, 1.54) is 16.2 Å². The Morgan fingerprint density at radius 2 is 0.836 bits per heavy atom. The van der Waals surface area contributed by atoms with Gasteiger partial charge < -0.3 is 4.42 Å². The van der Waals surface area contributed by atoms with E-state index < -0.39 is 0 Å². The van der Waals surface area contributed by atoms with Gasteiger partial charge in [0.1, 0.15) is 5.52 Å². The molecular weight excluding hydrogens is 745 g/mol. The van der Waals surface area contributed by atoms with Crippen molar-refractivity contribution >= 4 is 54.2 Å². The van der Waals surface area contributed by atoms with Crippen LogP contribution in [-0.2, 0) is 0 Å². The van der Waals surface area contributed by atoms with Crippen molar-refractivity contribution in [1.82, 2.24) is 19.9 Å². The van der Waals surface area contributed by atoms with Gasteiger partial charge in [0, 0.05) is 27.6 Å². The van der Waals surface area contributed by atoms with Crippen molar-refractivity contribution in [2.45, 2.75) is 0 Å². The third-order valence-corrected chi connectivity index (χ3v) is 11.7. The van der Waals surface area contributed by atoms with Crippen LogP contribution in [0.2, 0.25) is 0 Å². The second-order valence-corrected chi connectivity index (χ2v) is 15.5. The molecule has 12 aromatic rings. The molecule has 61 heavy (non-hydrogen) atoms. The van der Waals surface area contributed by atoms with Crippen LogP contribution in [0.4, 0.5) is 0 Å². The van der Waals surface area contributed by atoms with Crippen molar-refractivity contribution in [3.05, 3.63) is 206 Å². The SMILES string of the molecule is c1ccc(-c2nc3ccc4cccc(-c5ccc6cccc(-c7nc(-c8ccc(-c9ccc%10ccccc%10c9)cc8)nc(-c8ccc9ccccc9c8)n7)c6c5)c4c3o2)cc1. The average molecular weight is 779 g/mol. The predicted molar refractivity (Wildman–Crippen MR) is 250 cm³/mol. The van der Waals surface area contributed by atoms with E-state index in [0.29, 0.717) is 23.4 Å². The van der Waals surface area contributed by atoms with Gasteiger partial charge in [-0.05, 0) is 96.4 Å². The maximum absolute atomic E-state index is 6.56. The number of fused-ring (bicyclic) bond motifs is 6. The summed E-state index contributed by atoms with van der Waals surface area (Å²) in [5, 5.41) is 8.98. The summed E-state index contributed by atoms with van der Waals surface area (Å²) in [6.07, 6.45) is 0. The summed E-state index contributed by atoms with van der Waals surface area (Å²) < 4.78 is 6.56. The van der Waals surface area contributed by atoms with Crippen LogP contribution in [0.1, 0.15) is 0 Å². The lowest BCUT2D eigenvalue weighted by atomic mass is 9.94. The van der Waals surface area contributed by atoms with Crippen LogP contribution in [0.15, 0.2) is 211 Å². The van der Waals surface area contributed by atoms with E-state index in [0.717, 1.165) is 82.5 Å². The van der Waals surface area contributed by atoms with Gasteiger partial charge in [0.15, 0.2) is 23.1 Å². The summed E-state index contributed by atoms with van der Waals surface area (Å²) in [5.74, 6) is 2.45. The van der Waals surface area contributed by atoms with Crippen LogP contribution < -0.4 is 0 Å². The molecule has 10 aromatic carbocycles. The summed E-state index contributed by atoms with van der Waals surface area (Å²) in [5.41, 5.74) is 9.73. The zero-order valence-electron chi connectivity index (χ0n) is 32.8. The van der Waals surface area contributed by atoms with E-state index in [1.807, 2.05) is 36.4 Å². The van der Waals surface area contributed by atoms with Crippen molar-refractivity contribution in [3.8, 4) is 67.9 Å². The number of oxazole rings is 1. The summed E-state index contributed by atoms with van der Waals surface area (Å²) >= 11 is 0. The van der Waals surface area contributed by atoms with Crippen molar-refractivity contribution in [3.63, 3.8) is 0 Å². The van der Waals surface area contributed by atoms with Gasteiger partial charge in [-0.15, -0.1) is 0 Å². The molecule has 0 fully saturated rings. The number of rotatable bonds is 6. The topological polar surface area (TPSA) is 64.7 Å². The van der Waals surface area contributed by atoms with Crippen molar-refractivity contribution < 1.29 is 4.42 Å². The molecule has 0 aliphatic heterocycles. The Morgan fingerprint density at radius 3 is 1.61 bits per heavy atom. The fraction of sp³-hybridized carbons (Fsp3) is 0. The quantitative estimate of drug-likeness (QED) is 0.168. The van der Waals surface area contributed by atoms with Crippen molar-refractivity contribution in [1.29, 1.82) is 0 Å². The monoisotopic (exact) mass is 778 g/mol. The first kappa shape index (κ1) is 34.7. The van der Waals surface area contributed by atoms with Gasteiger partial charge >= 0.3 is 0 Å². The first-order valence-electron chi connectivity index (χ1n) is 20.4. The molecule has 0 aliphatic rings. The van der Waals surface area contributed by atoms with E-state index in [2.05, 4.69) is 170 Å². The number of nitrogens with zero attached hydrogens (tertiary/aromatic N) is 4. The van der Waals surface area contributed by atoms with Crippen LogP contribution >= 0.6 is 0 Å². The molecule has 0 saturated carbocycles. The lowest BCUT2D eigenvalue weighted by molar-refractivity contribution is 0.623. The number of benzene rings is 10. The molecule has 0 saturated heterocycles. The van der Waals surface area contributed by atoms with Crippen LogP contribution in [0.5, 0.6) is 0 Å². The van der Waals surface area contributed by atoms with Gasteiger partial charge in [-0.3, -0.25) is 0 Å². The first-order chi connectivity index (χ1) is 30.2. The van der Waals surface area contributed by atoms with Crippen molar-refractivity contribution in [2.75, 3.05) is 0 Å². The number of hydrogen-bond acceptors (Lipinski definition) is 5. The van der Waals surface area contributed by atoms with E-state index in [4.69, 9.17) is 24.4 Å². The number of aromatic nitrogens is 4. The van der Waals surface area contributed by atoms with Gasteiger partial charge in [-0.1, -0.05) is 170 Å². The highest BCUT2D eigenvalue weighted by Gasteiger charge is 2.18. The average Bonchev–Trinajstić information content (AvgIpc) is 3.78. The summed E-state index contributed by atoms with van der Waals surface area (Å²) in [6.45, 7) is 0. The third-order valence-electron chi connectivity index (χ3n) is 11.7. The lowest BCUT2D eigenvalue weighted by Crippen LogP contribution is -2.00. The fourth-order valence-electron chi connectivity index (χ4n) is 8.60. The second kappa shape index (κ2) is 14.2. The van der Waals surface area contributed by atoms with Gasteiger partial charge in [-0.2, -0.15) is 0 Å². The molecule has 0 radical (unpaired) electrons. The van der Waals surface area contributed by atoms with E-state index in [1.54, 1.807) is 0 Å². The molecule has 2 heterocycles. The van der Waals surface area contributed by atoms with Crippen LogP contribution in [0.3, 0.4) is 0 Å². The Morgan fingerprint density at radius 1 is 0.295 bits per heavy atom. The van der Waals surface area contributed by atoms with E-state index in [-0.39, 0.29) is 0 Å². The summed E-state index contributed by atoms with van der Waals surface area (Å²) in [6, 6.07) is 71.9. The minimum absolute atomic E-state index is 0.606. The molecular formula is C56H34N4O. The Balaban J connectivity index is 1.01. The molecule has 5 heteroatoms. The molecule has 0 spiro atoms. The lowest BCUT2D eigenvalue weighted by Gasteiger charge is -2.13. The first-order valence-corrected chi connectivity index (χ1v) is 20.4. The van der Waals surface area contributed by atoms with E-state index in [9.17, 15) is 0 Å². The minimum Gasteiger partial charge on any atom is -0.435 e. The van der Waals surface area contributed by atoms with Crippen molar-refractivity contribution in [2.24, 2.45) is 0 Å². The second-order valence-electron chi connectivity index (χ2n) is 15.5.